The molecule has 0 aliphatic heterocycles. The minimum absolute atomic E-state index is 0.112. The van der Waals surface area contributed by atoms with Crippen molar-refractivity contribution in [2.75, 3.05) is 4.72 Å². The highest BCUT2D eigenvalue weighted by Gasteiger charge is 2.31. The van der Waals surface area contributed by atoms with E-state index in [0.717, 1.165) is 29.7 Å². The Hall–Kier alpha value is -1.11. The second kappa shape index (κ2) is 5.02. The number of benzene rings is 1. The predicted octanol–water partition coefficient (Wildman–Crippen LogP) is 4.22. The van der Waals surface area contributed by atoms with Gasteiger partial charge in [-0.05, 0) is 47.9 Å². The molecule has 106 valence electrons. The number of hydrogen-bond acceptors (Lipinski definition) is 3. The van der Waals surface area contributed by atoms with Crippen LogP contribution in [0.1, 0.15) is 24.3 Å². The van der Waals surface area contributed by atoms with Gasteiger partial charge in [0, 0.05) is 0 Å². The van der Waals surface area contributed by atoms with E-state index in [1.165, 1.54) is 18.2 Å². The summed E-state index contributed by atoms with van der Waals surface area (Å²) in [6.45, 7) is 0. The number of nitrogens with one attached hydrogen (secondary N) is 1. The fraction of sp³-hybridized carbons (Fsp3) is 0.231. The molecular weight excluding hydrogens is 321 g/mol. The number of hydrogen-bond donors (Lipinski definition) is 1. The van der Waals surface area contributed by atoms with E-state index in [1.54, 1.807) is 5.38 Å². The lowest BCUT2D eigenvalue weighted by atomic mass is 10.2. The molecule has 2 aromatic rings. The molecule has 0 unspecified atom stereocenters. The zero-order valence-electron chi connectivity index (χ0n) is 10.3. The van der Waals surface area contributed by atoms with Crippen LogP contribution >= 0.6 is 22.9 Å². The van der Waals surface area contributed by atoms with Crippen molar-refractivity contribution in [3.05, 3.63) is 46.0 Å². The first-order chi connectivity index (χ1) is 9.49. The molecule has 3 rings (SSSR count). The van der Waals surface area contributed by atoms with Crippen LogP contribution in [0.25, 0.3) is 0 Å². The molecule has 1 aromatic carbocycles. The molecule has 20 heavy (non-hydrogen) atoms. The van der Waals surface area contributed by atoms with Crippen molar-refractivity contribution >= 4 is 38.6 Å². The SMILES string of the molecule is O=S(=O)(Nc1cccc(Cl)c1F)c1sccc1C1CC1. The largest absolute Gasteiger partial charge is 0.276 e. The summed E-state index contributed by atoms with van der Waals surface area (Å²) in [6, 6.07) is 6.04. The number of rotatable bonds is 4. The topological polar surface area (TPSA) is 46.2 Å². The number of sulfonamides is 1. The summed E-state index contributed by atoms with van der Waals surface area (Å²) >= 11 is 6.80. The summed E-state index contributed by atoms with van der Waals surface area (Å²) in [5.74, 6) is -0.445. The van der Waals surface area contributed by atoms with Crippen LogP contribution in [0.15, 0.2) is 33.9 Å². The first-order valence-electron chi connectivity index (χ1n) is 6.03. The maximum Gasteiger partial charge on any atom is 0.271 e. The van der Waals surface area contributed by atoms with E-state index < -0.39 is 15.8 Å². The second-order valence-corrected chi connectivity index (χ2v) is 7.85. The Balaban J connectivity index is 1.96. The highest BCUT2D eigenvalue weighted by atomic mass is 35.5. The van der Waals surface area contributed by atoms with Gasteiger partial charge in [0.1, 0.15) is 4.21 Å². The monoisotopic (exact) mass is 331 g/mol. The lowest BCUT2D eigenvalue weighted by molar-refractivity contribution is 0.599. The Kier molecular flexibility index (Phi) is 3.48. The van der Waals surface area contributed by atoms with Crippen molar-refractivity contribution in [2.24, 2.45) is 0 Å². The second-order valence-electron chi connectivity index (χ2n) is 4.64. The molecule has 1 aromatic heterocycles. The molecular formula is C13H11ClFNO2S2. The Bertz CT molecular complexity index is 753. The quantitative estimate of drug-likeness (QED) is 0.911. The fourth-order valence-corrected chi connectivity index (χ4v) is 4.76. The van der Waals surface area contributed by atoms with Gasteiger partial charge in [-0.25, -0.2) is 12.8 Å². The third-order valence-corrected chi connectivity index (χ3v) is 6.29. The summed E-state index contributed by atoms with van der Waals surface area (Å²) < 4.78 is 41.1. The number of halogens is 2. The maximum absolute atomic E-state index is 13.8. The molecule has 7 heteroatoms. The van der Waals surface area contributed by atoms with Crippen molar-refractivity contribution in [3.8, 4) is 0 Å². The van der Waals surface area contributed by atoms with Gasteiger partial charge in [0.05, 0.1) is 10.7 Å². The highest BCUT2D eigenvalue weighted by molar-refractivity contribution is 7.94. The van der Waals surface area contributed by atoms with E-state index in [-0.39, 0.29) is 14.9 Å². The molecule has 0 saturated heterocycles. The molecule has 1 fully saturated rings. The molecule has 1 saturated carbocycles. The van der Waals surface area contributed by atoms with Gasteiger partial charge in [-0.2, -0.15) is 0 Å². The molecule has 0 atom stereocenters. The van der Waals surface area contributed by atoms with E-state index in [1.807, 2.05) is 6.07 Å². The van der Waals surface area contributed by atoms with Crippen LogP contribution in [-0.2, 0) is 10.0 Å². The summed E-state index contributed by atoms with van der Waals surface area (Å²) in [6.07, 6.45) is 2.01. The molecule has 0 radical (unpaired) electrons. The average molecular weight is 332 g/mol. The van der Waals surface area contributed by atoms with E-state index in [2.05, 4.69) is 4.72 Å². The molecule has 1 aliphatic carbocycles. The average Bonchev–Trinajstić information content (AvgIpc) is 3.11. The smallest absolute Gasteiger partial charge is 0.271 e. The van der Waals surface area contributed by atoms with Gasteiger partial charge in [-0.1, -0.05) is 17.7 Å². The van der Waals surface area contributed by atoms with Crippen molar-refractivity contribution in [1.82, 2.24) is 0 Å². The third-order valence-electron chi connectivity index (χ3n) is 3.12. The molecule has 0 spiro atoms. The minimum Gasteiger partial charge on any atom is -0.276 e. The van der Waals surface area contributed by atoms with Gasteiger partial charge < -0.3 is 0 Å². The molecule has 0 amide bonds. The summed E-state index contributed by atoms with van der Waals surface area (Å²) in [7, 11) is -3.78. The number of anilines is 1. The predicted molar refractivity (Wildman–Crippen MR) is 78.5 cm³/mol. The first-order valence-corrected chi connectivity index (χ1v) is 8.77. The van der Waals surface area contributed by atoms with E-state index in [9.17, 15) is 12.8 Å². The van der Waals surface area contributed by atoms with Crippen molar-refractivity contribution < 1.29 is 12.8 Å². The molecule has 1 heterocycles. The van der Waals surface area contributed by atoms with Crippen molar-refractivity contribution in [2.45, 2.75) is 23.0 Å². The summed E-state index contributed by atoms with van der Waals surface area (Å²) in [4.78, 5) is 0. The highest BCUT2D eigenvalue weighted by Crippen LogP contribution is 2.45. The van der Waals surface area contributed by atoms with Gasteiger partial charge in [0.15, 0.2) is 5.82 Å². The van der Waals surface area contributed by atoms with Crippen molar-refractivity contribution in [3.63, 3.8) is 0 Å². The van der Waals surface area contributed by atoms with E-state index in [4.69, 9.17) is 11.6 Å². The standard InChI is InChI=1S/C13H11ClFNO2S2/c14-10-2-1-3-11(12(10)15)16-20(17,18)13-9(6-7-19-13)8-4-5-8/h1-3,6-8,16H,4-5H2. The van der Waals surface area contributed by atoms with Gasteiger partial charge >= 0.3 is 0 Å². The Morgan fingerprint density at radius 1 is 1.30 bits per heavy atom. The van der Waals surface area contributed by atoms with Crippen LogP contribution in [0.2, 0.25) is 5.02 Å². The maximum atomic E-state index is 13.8. The summed E-state index contributed by atoms with van der Waals surface area (Å²) in [5.41, 5.74) is 0.692. The van der Waals surface area contributed by atoms with Crippen LogP contribution in [0, 0.1) is 5.82 Å². The van der Waals surface area contributed by atoms with Gasteiger partial charge in [0.25, 0.3) is 10.0 Å². The molecule has 0 bridgehead atoms. The van der Waals surface area contributed by atoms with Gasteiger partial charge in [-0.3, -0.25) is 4.72 Å². The van der Waals surface area contributed by atoms with Crippen LogP contribution in [-0.4, -0.2) is 8.42 Å². The molecule has 1 N–H and O–H groups in total. The number of thiophene rings is 1. The van der Waals surface area contributed by atoms with Gasteiger partial charge in [-0.15, -0.1) is 11.3 Å². The van der Waals surface area contributed by atoms with Crippen molar-refractivity contribution in [1.29, 1.82) is 0 Å². The first kappa shape index (κ1) is 13.9. The van der Waals surface area contributed by atoms with Crippen LogP contribution in [0.4, 0.5) is 10.1 Å². The minimum atomic E-state index is -3.78. The Labute approximate surface area is 125 Å². The van der Waals surface area contributed by atoms with Crippen LogP contribution in [0.5, 0.6) is 0 Å². The van der Waals surface area contributed by atoms with E-state index in [0.29, 0.717) is 5.92 Å². The Morgan fingerprint density at radius 3 is 2.75 bits per heavy atom. The van der Waals surface area contributed by atoms with Crippen LogP contribution in [0.3, 0.4) is 0 Å². The summed E-state index contributed by atoms with van der Waals surface area (Å²) in [5, 5.41) is 1.63. The lowest BCUT2D eigenvalue weighted by Gasteiger charge is -2.09. The third kappa shape index (κ3) is 2.55. The van der Waals surface area contributed by atoms with E-state index >= 15 is 0 Å². The molecule has 1 aliphatic rings. The molecule has 3 nitrogen and oxygen atoms in total. The normalized spacial score (nSPS) is 15.3. The zero-order chi connectivity index (χ0) is 14.3. The van der Waals surface area contributed by atoms with Crippen LogP contribution < -0.4 is 4.72 Å². The van der Waals surface area contributed by atoms with Gasteiger partial charge in [0.2, 0.25) is 0 Å². The Morgan fingerprint density at radius 2 is 2.05 bits per heavy atom. The zero-order valence-corrected chi connectivity index (χ0v) is 12.7. The lowest BCUT2D eigenvalue weighted by Crippen LogP contribution is -2.14. The fourth-order valence-electron chi connectivity index (χ4n) is 1.99.